The lowest BCUT2D eigenvalue weighted by atomic mass is 10.0. The van der Waals surface area contributed by atoms with E-state index in [0.717, 1.165) is 25.7 Å². The summed E-state index contributed by atoms with van der Waals surface area (Å²) in [6.07, 6.45) is 4.48. The van der Waals surface area contributed by atoms with Gasteiger partial charge in [-0.3, -0.25) is 0 Å². The minimum absolute atomic E-state index is 1.11. The van der Waals surface area contributed by atoms with Crippen molar-refractivity contribution < 1.29 is 4.79 Å². The van der Waals surface area contributed by atoms with Crippen molar-refractivity contribution in [1.29, 1.82) is 0 Å². The molecule has 160 valence electrons. The standard InChI is InChI=1S/2C15H14.CH2O/c2*1-2-11-7-8-15-13(9-11)10-12-5-3-4-6-14(12)15;1-2/h2*3-9H,2,10H2,1H3;1H2. The fraction of sp³-hybridized carbons (Fsp3) is 0.194. The molecule has 0 heterocycles. The Morgan fingerprint density at radius 1 is 0.531 bits per heavy atom. The van der Waals surface area contributed by atoms with Gasteiger partial charge >= 0.3 is 0 Å². The first-order valence-corrected chi connectivity index (χ1v) is 11.5. The van der Waals surface area contributed by atoms with Crippen LogP contribution in [0.25, 0.3) is 22.3 Å². The van der Waals surface area contributed by atoms with Crippen molar-refractivity contribution in [3.8, 4) is 22.3 Å². The fourth-order valence-electron chi connectivity index (χ4n) is 4.84. The molecule has 0 spiro atoms. The minimum atomic E-state index is 1.11. The molecule has 1 nitrogen and oxygen atoms in total. The van der Waals surface area contributed by atoms with E-state index in [-0.39, 0.29) is 0 Å². The highest BCUT2D eigenvalue weighted by Gasteiger charge is 2.18. The third kappa shape index (κ3) is 4.16. The predicted molar refractivity (Wildman–Crippen MR) is 135 cm³/mol. The zero-order valence-corrected chi connectivity index (χ0v) is 19.0. The normalized spacial score (nSPS) is 11.7. The molecule has 6 rings (SSSR count). The van der Waals surface area contributed by atoms with Gasteiger partial charge in [0, 0.05) is 0 Å². The highest BCUT2D eigenvalue weighted by atomic mass is 16.1. The molecule has 32 heavy (non-hydrogen) atoms. The first kappa shape index (κ1) is 21.8. The molecular weight excluding hydrogens is 388 g/mol. The maximum absolute atomic E-state index is 8.00. The molecule has 0 aliphatic heterocycles. The topological polar surface area (TPSA) is 17.1 Å². The van der Waals surface area contributed by atoms with Crippen molar-refractivity contribution in [3.05, 3.63) is 118 Å². The summed E-state index contributed by atoms with van der Waals surface area (Å²) >= 11 is 0. The van der Waals surface area contributed by atoms with Gasteiger partial charge in [0.15, 0.2) is 0 Å². The van der Waals surface area contributed by atoms with Gasteiger partial charge in [0.2, 0.25) is 0 Å². The zero-order valence-electron chi connectivity index (χ0n) is 19.0. The molecular formula is C31H30O. The van der Waals surface area contributed by atoms with Gasteiger partial charge < -0.3 is 4.79 Å². The maximum Gasteiger partial charge on any atom is 0.106 e. The molecule has 0 saturated carbocycles. The molecule has 0 aromatic heterocycles. The van der Waals surface area contributed by atoms with Crippen molar-refractivity contribution in [2.24, 2.45) is 0 Å². The van der Waals surface area contributed by atoms with Gasteiger partial charge in [-0.05, 0) is 81.3 Å². The Morgan fingerprint density at radius 3 is 1.31 bits per heavy atom. The van der Waals surface area contributed by atoms with Gasteiger partial charge in [-0.25, -0.2) is 0 Å². The number of hydrogen-bond acceptors (Lipinski definition) is 1. The number of carbonyl (C=O) groups is 1. The van der Waals surface area contributed by atoms with Crippen LogP contribution in [0.4, 0.5) is 0 Å². The second-order valence-corrected chi connectivity index (χ2v) is 8.36. The minimum Gasteiger partial charge on any atom is -0.307 e. The molecule has 0 N–H and O–H groups in total. The van der Waals surface area contributed by atoms with Crippen LogP contribution in [0.3, 0.4) is 0 Å². The van der Waals surface area contributed by atoms with Crippen LogP contribution in [0, 0.1) is 0 Å². The monoisotopic (exact) mass is 418 g/mol. The van der Waals surface area contributed by atoms with E-state index in [9.17, 15) is 0 Å². The Labute approximate surface area is 191 Å². The Morgan fingerprint density at radius 2 is 0.906 bits per heavy atom. The first-order valence-electron chi connectivity index (χ1n) is 11.5. The maximum atomic E-state index is 8.00. The van der Waals surface area contributed by atoms with E-state index >= 15 is 0 Å². The molecule has 2 aliphatic rings. The number of hydrogen-bond donors (Lipinski definition) is 0. The van der Waals surface area contributed by atoms with Gasteiger partial charge in [-0.2, -0.15) is 0 Å². The van der Waals surface area contributed by atoms with Gasteiger partial charge in [0.05, 0.1) is 0 Å². The second-order valence-electron chi connectivity index (χ2n) is 8.36. The SMILES string of the molecule is C=O.CCc1ccc2c(c1)Cc1ccccc1-2.CCc1ccc2c(c1)Cc1ccccc1-2. The summed E-state index contributed by atoms with van der Waals surface area (Å²) in [5.74, 6) is 0. The Balaban J connectivity index is 0.000000142. The zero-order chi connectivity index (χ0) is 22.5. The number of fused-ring (bicyclic) bond motifs is 6. The molecule has 0 fully saturated rings. The highest BCUT2D eigenvalue weighted by Crippen LogP contribution is 2.37. The fourth-order valence-corrected chi connectivity index (χ4v) is 4.84. The third-order valence-corrected chi connectivity index (χ3v) is 6.53. The van der Waals surface area contributed by atoms with Crippen LogP contribution in [0.1, 0.15) is 47.2 Å². The van der Waals surface area contributed by atoms with E-state index in [1.54, 1.807) is 0 Å². The van der Waals surface area contributed by atoms with Crippen LogP contribution in [0.15, 0.2) is 84.9 Å². The van der Waals surface area contributed by atoms with Crippen LogP contribution in [-0.2, 0) is 30.5 Å². The Bertz CT molecular complexity index is 1140. The molecule has 2 aliphatic carbocycles. The lowest BCUT2D eigenvalue weighted by Gasteiger charge is -2.02. The lowest BCUT2D eigenvalue weighted by molar-refractivity contribution is -0.0979. The highest BCUT2D eigenvalue weighted by molar-refractivity contribution is 5.77. The van der Waals surface area contributed by atoms with Crippen molar-refractivity contribution in [3.63, 3.8) is 0 Å². The van der Waals surface area contributed by atoms with Gasteiger partial charge in [0.25, 0.3) is 0 Å². The quantitative estimate of drug-likeness (QED) is 0.285. The molecule has 0 amide bonds. The van der Waals surface area contributed by atoms with Crippen LogP contribution >= 0.6 is 0 Å². The predicted octanol–water partition coefficient (Wildman–Crippen LogP) is 7.46. The summed E-state index contributed by atoms with van der Waals surface area (Å²) in [5, 5.41) is 0. The van der Waals surface area contributed by atoms with Gasteiger partial charge in [-0.1, -0.05) is 98.8 Å². The van der Waals surface area contributed by atoms with Crippen molar-refractivity contribution in [2.75, 3.05) is 0 Å². The number of carbonyl (C=O) groups excluding carboxylic acids is 1. The van der Waals surface area contributed by atoms with E-state index in [4.69, 9.17) is 4.79 Å². The Kier molecular flexibility index (Phi) is 6.66. The molecule has 4 aromatic carbocycles. The summed E-state index contributed by atoms with van der Waals surface area (Å²) < 4.78 is 0. The average molecular weight is 419 g/mol. The summed E-state index contributed by atoms with van der Waals surface area (Å²) in [4.78, 5) is 8.00. The summed E-state index contributed by atoms with van der Waals surface area (Å²) in [6, 6.07) is 31.2. The lowest BCUT2D eigenvalue weighted by Crippen LogP contribution is -1.84. The summed E-state index contributed by atoms with van der Waals surface area (Å²) in [7, 11) is 0. The van der Waals surface area contributed by atoms with Crippen LogP contribution < -0.4 is 0 Å². The summed E-state index contributed by atoms with van der Waals surface area (Å²) in [6.45, 7) is 6.42. The number of benzene rings is 4. The van der Waals surface area contributed by atoms with E-state index in [1.807, 2.05) is 6.79 Å². The van der Waals surface area contributed by atoms with Crippen LogP contribution in [-0.4, -0.2) is 6.79 Å². The van der Waals surface area contributed by atoms with E-state index < -0.39 is 0 Å². The van der Waals surface area contributed by atoms with Crippen LogP contribution in [0.5, 0.6) is 0 Å². The van der Waals surface area contributed by atoms with Gasteiger partial charge in [0.1, 0.15) is 6.79 Å². The first-order chi connectivity index (χ1) is 15.8. The largest absolute Gasteiger partial charge is 0.307 e. The molecule has 4 aromatic rings. The second kappa shape index (κ2) is 9.78. The number of aryl methyl sites for hydroxylation is 2. The number of rotatable bonds is 2. The van der Waals surface area contributed by atoms with Crippen molar-refractivity contribution in [2.45, 2.75) is 39.5 Å². The van der Waals surface area contributed by atoms with E-state index in [2.05, 4.69) is 98.8 Å². The van der Waals surface area contributed by atoms with Crippen LogP contribution in [0.2, 0.25) is 0 Å². The van der Waals surface area contributed by atoms with E-state index in [1.165, 1.54) is 55.6 Å². The van der Waals surface area contributed by atoms with E-state index in [0.29, 0.717) is 0 Å². The van der Waals surface area contributed by atoms with Crippen molar-refractivity contribution in [1.82, 2.24) is 0 Å². The molecule has 0 atom stereocenters. The average Bonchev–Trinajstić information content (AvgIpc) is 3.42. The molecule has 1 heteroatoms. The molecule has 0 bridgehead atoms. The third-order valence-electron chi connectivity index (χ3n) is 6.53. The molecule has 0 radical (unpaired) electrons. The van der Waals surface area contributed by atoms with Gasteiger partial charge in [-0.15, -0.1) is 0 Å². The molecule has 0 saturated heterocycles. The Hall–Kier alpha value is -3.45. The van der Waals surface area contributed by atoms with Crippen molar-refractivity contribution >= 4 is 6.79 Å². The smallest absolute Gasteiger partial charge is 0.106 e. The molecule has 0 unspecified atom stereocenters. The summed E-state index contributed by atoms with van der Waals surface area (Å²) in [5.41, 5.74) is 14.5.